The maximum absolute atomic E-state index is 5.34. The molecule has 0 aliphatic heterocycles. The first kappa shape index (κ1) is 14.4. The van der Waals surface area contributed by atoms with Crippen LogP contribution < -0.4 is 0 Å². The van der Waals surface area contributed by atoms with Crippen LogP contribution in [-0.2, 0) is 9.47 Å². The van der Waals surface area contributed by atoms with Crippen LogP contribution in [0.2, 0.25) is 0 Å². The molecular formula is C8H12Cl2O2S2. The van der Waals surface area contributed by atoms with Crippen molar-refractivity contribution in [1.29, 1.82) is 0 Å². The average Bonchev–Trinajstić information content (AvgIpc) is 2.08. The highest BCUT2D eigenvalue weighted by Gasteiger charge is 1.94. The predicted molar refractivity (Wildman–Crippen MR) is 67.3 cm³/mol. The van der Waals surface area contributed by atoms with Gasteiger partial charge in [0.05, 0.1) is 13.2 Å². The Morgan fingerprint density at radius 2 is 1.14 bits per heavy atom. The van der Waals surface area contributed by atoms with Crippen molar-refractivity contribution in [2.45, 2.75) is 25.7 Å². The molecule has 0 unspecified atom stereocenters. The van der Waals surface area contributed by atoms with E-state index in [0.717, 1.165) is 25.7 Å². The third-order valence-electron chi connectivity index (χ3n) is 1.47. The Morgan fingerprint density at radius 3 is 1.43 bits per heavy atom. The summed E-state index contributed by atoms with van der Waals surface area (Å²) in [5.41, 5.74) is 0. The molecule has 0 radical (unpaired) electrons. The summed E-state index contributed by atoms with van der Waals surface area (Å²) in [7, 11) is 0. The third-order valence-corrected chi connectivity index (χ3v) is 1.92. The smallest absolute Gasteiger partial charge is 0.255 e. The molecular weight excluding hydrogens is 263 g/mol. The molecule has 2 nitrogen and oxygen atoms in total. The molecule has 0 aromatic heterocycles. The summed E-state index contributed by atoms with van der Waals surface area (Å²) in [5.74, 6) is 0. The summed E-state index contributed by atoms with van der Waals surface area (Å²) in [4.78, 5) is 0. The molecule has 0 aromatic rings. The lowest BCUT2D eigenvalue weighted by Gasteiger charge is -2.03. The molecule has 0 saturated heterocycles. The highest BCUT2D eigenvalue weighted by atomic mass is 35.5. The van der Waals surface area contributed by atoms with Gasteiger partial charge in [0.25, 0.3) is 9.02 Å². The quantitative estimate of drug-likeness (QED) is 0.401. The lowest BCUT2D eigenvalue weighted by molar-refractivity contribution is 0.289. The van der Waals surface area contributed by atoms with Gasteiger partial charge in [0, 0.05) is 0 Å². The third kappa shape index (κ3) is 12.4. The lowest BCUT2D eigenvalue weighted by atomic mass is 10.2. The zero-order chi connectivity index (χ0) is 10.8. The van der Waals surface area contributed by atoms with Gasteiger partial charge in [0.1, 0.15) is 0 Å². The average molecular weight is 275 g/mol. The van der Waals surface area contributed by atoms with Crippen molar-refractivity contribution >= 4 is 56.7 Å². The molecule has 0 saturated carbocycles. The fraction of sp³-hybridized carbons (Fsp3) is 0.750. The minimum absolute atomic E-state index is 0.0841. The first-order valence-corrected chi connectivity index (χ1v) is 5.84. The fourth-order valence-electron chi connectivity index (χ4n) is 0.863. The van der Waals surface area contributed by atoms with Crippen LogP contribution in [0.25, 0.3) is 0 Å². The summed E-state index contributed by atoms with van der Waals surface area (Å²) in [5, 5.41) is 0. The van der Waals surface area contributed by atoms with Crippen LogP contribution in [0.3, 0.4) is 0 Å². The molecule has 0 rings (SSSR count). The van der Waals surface area contributed by atoms with Crippen LogP contribution in [0.5, 0.6) is 0 Å². The maximum atomic E-state index is 5.34. The van der Waals surface area contributed by atoms with Crippen molar-refractivity contribution in [2.24, 2.45) is 0 Å². The molecule has 6 heteroatoms. The molecule has 0 bridgehead atoms. The number of hydrogen-bond donors (Lipinski definition) is 0. The molecule has 0 heterocycles. The van der Waals surface area contributed by atoms with Gasteiger partial charge in [0.2, 0.25) is 0 Å². The second-order valence-corrected chi connectivity index (χ2v) is 4.46. The van der Waals surface area contributed by atoms with Gasteiger partial charge < -0.3 is 9.47 Å². The van der Waals surface area contributed by atoms with Crippen molar-refractivity contribution in [3.63, 3.8) is 0 Å². The minimum Gasteiger partial charge on any atom is -0.475 e. The summed E-state index contributed by atoms with van der Waals surface area (Å²) in [6, 6.07) is 0. The maximum Gasteiger partial charge on any atom is 0.255 e. The van der Waals surface area contributed by atoms with Crippen LogP contribution in [0.15, 0.2) is 0 Å². The summed E-state index contributed by atoms with van der Waals surface area (Å²) in [6.45, 7) is 1.16. The zero-order valence-electron chi connectivity index (χ0n) is 7.63. The first-order valence-electron chi connectivity index (χ1n) is 4.27. The monoisotopic (exact) mass is 274 g/mol. The Bertz CT molecular complexity index is 168. The molecule has 0 amide bonds. The van der Waals surface area contributed by atoms with Gasteiger partial charge in [-0.05, 0) is 73.3 Å². The Labute approximate surface area is 105 Å². The normalized spacial score (nSPS) is 9.57. The van der Waals surface area contributed by atoms with E-state index in [4.69, 9.17) is 32.7 Å². The van der Waals surface area contributed by atoms with Crippen LogP contribution in [0, 0.1) is 0 Å². The van der Waals surface area contributed by atoms with E-state index in [0.29, 0.717) is 13.2 Å². The molecule has 0 spiro atoms. The first-order chi connectivity index (χ1) is 6.63. The highest BCUT2D eigenvalue weighted by Crippen LogP contribution is 2.02. The second kappa shape index (κ2) is 9.90. The minimum atomic E-state index is 0.0841. The van der Waals surface area contributed by atoms with Gasteiger partial charge in [-0.3, -0.25) is 0 Å². The van der Waals surface area contributed by atoms with Crippen LogP contribution in [0.1, 0.15) is 25.7 Å². The van der Waals surface area contributed by atoms with Crippen LogP contribution in [-0.4, -0.2) is 22.2 Å². The molecule has 0 aromatic carbocycles. The molecule has 14 heavy (non-hydrogen) atoms. The van der Waals surface area contributed by atoms with E-state index in [2.05, 4.69) is 24.4 Å². The van der Waals surface area contributed by atoms with E-state index in [1.807, 2.05) is 0 Å². The summed E-state index contributed by atoms with van der Waals surface area (Å²) in [6.07, 6.45) is 3.99. The lowest BCUT2D eigenvalue weighted by Crippen LogP contribution is -1.98. The standard InChI is InChI=1S/C8H12Cl2O2S2/c9-7(13)11-5-3-1-2-4-6-12-8(10)14/h1-6H2. The summed E-state index contributed by atoms with van der Waals surface area (Å²) >= 11 is 19.7. The Hall–Kier alpha value is 0.360. The summed E-state index contributed by atoms with van der Waals surface area (Å²) < 4.78 is 9.99. The predicted octanol–water partition coefficient (Wildman–Crippen LogP) is 3.63. The van der Waals surface area contributed by atoms with Gasteiger partial charge in [-0.15, -0.1) is 0 Å². The van der Waals surface area contributed by atoms with E-state index in [1.54, 1.807) is 0 Å². The van der Waals surface area contributed by atoms with Gasteiger partial charge in [0.15, 0.2) is 0 Å². The van der Waals surface area contributed by atoms with E-state index in [9.17, 15) is 0 Å². The number of hydrogen-bond acceptors (Lipinski definition) is 4. The second-order valence-electron chi connectivity index (χ2n) is 2.59. The highest BCUT2D eigenvalue weighted by molar-refractivity contribution is 7.83. The number of ether oxygens (including phenoxy) is 2. The molecule has 0 N–H and O–H groups in total. The Kier molecular flexibility index (Phi) is 10.2. The van der Waals surface area contributed by atoms with E-state index in [1.165, 1.54) is 0 Å². The Balaban J connectivity index is 2.99. The van der Waals surface area contributed by atoms with Gasteiger partial charge in [-0.1, -0.05) is 0 Å². The van der Waals surface area contributed by atoms with Gasteiger partial charge >= 0.3 is 0 Å². The van der Waals surface area contributed by atoms with Crippen molar-refractivity contribution in [3.05, 3.63) is 0 Å². The van der Waals surface area contributed by atoms with Crippen LogP contribution in [0.4, 0.5) is 0 Å². The molecule has 0 atom stereocenters. The number of thiocarbonyl (C=S) groups is 2. The van der Waals surface area contributed by atoms with Gasteiger partial charge in [-0.2, -0.15) is 0 Å². The molecule has 0 aliphatic carbocycles. The van der Waals surface area contributed by atoms with E-state index >= 15 is 0 Å². The molecule has 82 valence electrons. The topological polar surface area (TPSA) is 18.5 Å². The number of halogens is 2. The number of unbranched alkanes of at least 4 members (excludes halogenated alkanes) is 3. The van der Waals surface area contributed by atoms with E-state index in [-0.39, 0.29) is 9.02 Å². The van der Waals surface area contributed by atoms with Crippen molar-refractivity contribution in [3.8, 4) is 0 Å². The molecule has 0 fully saturated rings. The SMILES string of the molecule is S=C(Cl)OCCCCCCOC(=S)Cl. The van der Waals surface area contributed by atoms with Crippen molar-refractivity contribution < 1.29 is 9.47 Å². The van der Waals surface area contributed by atoms with Crippen LogP contribution >= 0.6 is 47.6 Å². The number of rotatable bonds is 7. The fourth-order valence-corrected chi connectivity index (χ4v) is 1.18. The zero-order valence-corrected chi connectivity index (χ0v) is 10.8. The van der Waals surface area contributed by atoms with Gasteiger partial charge in [-0.25, -0.2) is 0 Å². The molecule has 0 aliphatic rings. The largest absolute Gasteiger partial charge is 0.475 e. The van der Waals surface area contributed by atoms with Crippen molar-refractivity contribution in [1.82, 2.24) is 0 Å². The van der Waals surface area contributed by atoms with Crippen molar-refractivity contribution in [2.75, 3.05) is 13.2 Å². The van der Waals surface area contributed by atoms with E-state index < -0.39 is 0 Å². The Morgan fingerprint density at radius 1 is 0.786 bits per heavy atom.